The van der Waals surface area contributed by atoms with Crippen LogP contribution < -0.4 is 4.74 Å². The highest BCUT2D eigenvalue weighted by atomic mass is 16.7. The van der Waals surface area contributed by atoms with Crippen LogP contribution in [0.5, 0.6) is 5.75 Å². The summed E-state index contributed by atoms with van der Waals surface area (Å²) in [6.45, 7) is 3.95. The topological polar surface area (TPSA) is 78.7 Å². The summed E-state index contributed by atoms with van der Waals surface area (Å²) in [6.07, 6.45) is -0.937. The molecule has 0 saturated carbocycles. The predicted octanol–water partition coefficient (Wildman–Crippen LogP) is 2.77. The van der Waals surface area contributed by atoms with Crippen LogP contribution in [0.2, 0.25) is 0 Å². The van der Waals surface area contributed by atoms with E-state index in [0.717, 1.165) is 0 Å². The highest BCUT2D eigenvalue weighted by molar-refractivity contribution is 5.66. The van der Waals surface area contributed by atoms with Gasteiger partial charge in [-0.1, -0.05) is 26.0 Å². The van der Waals surface area contributed by atoms with Crippen molar-refractivity contribution in [1.82, 2.24) is 0 Å². The first-order valence-electron chi connectivity index (χ1n) is 5.08. The molecule has 0 aromatic heterocycles. The maximum Gasteiger partial charge on any atom is 0.514 e. The molecule has 0 aliphatic rings. The molecule has 0 unspecified atom stereocenters. The van der Waals surface area contributed by atoms with Gasteiger partial charge in [-0.2, -0.15) is 0 Å². The molecule has 1 rings (SSSR count). The van der Waals surface area contributed by atoms with E-state index in [4.69, 9.17) is 9.47 Å². The summed E-state index contributed by atoms with van der Waals surface area (Å²) < 4.78 is 9.51. The number of nitrogens with zero attached hydrogens (tertiary/aromatic N) is 1. The van der Waals surface area contributed by atoms with Crippen molar-refractivity contribution in [3.63, 3.8) is 0 Å². The number of carbonyl (C=O) groups is 1. The van der Waals surface area contributed by atoms with Crippen LogP contribution in [0.1, 0.15) is 13.8 Å². The van der Waals surface area contributed by atoms with Crippen molar-refractivity contribution >= 4 is 11.8 Å². The molecule has 0 aliphatic carbocycles. The molecule has 0 radical (unpaired) electrons. The zero-order chi connectivity index (χ0) is 12.8. The van der Waals surface area contributed by atoms with Gasteiger partial charge >= 0.3 is 11.8 Å². The third-order valence-electron chi connectivity index (χ3n) is 1.79. The molecule has 0 heterocycles. The average Bonchev–Trinajstić information content (AvgIpc) is 2.27. The highest BCUT2D eigenvalue weighted by Crippen LogP contribution is 2.26. The highest BCUT2D eigenvalue weighted by Gasteiger charge is 2.17. The molecular weight excluding hydrogens is 226 g/mol. The van der Waals surface area contributed by atoms with Gasteiger partial charge in [-0.25, -0.2) is 4.79 Å². The van der Waals surface area contributed by atoms with Crippen molar-refractivity contribution in [3.05, 3.63) is 34.4 Å². The van der Waals surface area contributed by atoms with E-state index in [1.165, 1.54) is 24.3 Å². The van der Waals surface area contributed by atoms with E-state index in [2.05, 4.69) is 0 Å². The fourth-order valence-electron chi connectivity index (χ4n) is 1.05. The summed E-state index contributed by atoms with van der Waals surface area (Å²) in [7, 11) is 0. The Balaban J connectivity index is 2.68. The summed E-state index contributed by atoms with van der Waals surface area (Å²) in [5.74, 6) is 0.0552. The molecule has 0 saturated heterocycles. The number of nitro groups is 1. The Labute approximate surface area is 98.3 Å². The van der Waals surface area contributed by atoms with Crippen molar-refractivity contribution in [2.45, 2.75) is 13.8 Å². The predicted molar refractivity (Wildman–Crippen MR) is 59.9 cm³/mol. The number of hydrogen-bond donors (Lipinski definition) is 0. The SMILES string of the molecule is CC(C)COC(=O)Oc1ccccc1[N+](=O)[O-]. The number of carbonyl (C=O) groups excluding carboxylic acids is 1. The fraction of sp³-hybridized carbons (Fsp3) is 0.364. The molecule has 92 valence electrons. The molecule has 0 fully saturated rings. The zero-order valence-electron chi connectivity index (χ0n) is 9.58. The number of hydrogen-bond acceptors (Lipinski definition) is 5. The summed E-state index contributed by atoms with van der Waals surface area (Å²) in [5, 5.41) is 10.6. The Bertz CT molecular complexity index is 416. The maximum absolute atomic E-state index is 11.2. The first kappa shape index (κ1) is 13.0. The third kappa shape index (κ3) is 4.10. The second kappa shape index (κ2) is 5.83. The van der Waals surface area contributed by atoms with Crippen LogP contribution in [0.15, 0.2) is 24.3 Å². The molecule has 6 heteroatoms. The molecule has 0 atom stereocenters. The standard InChI is InChI=1S/C11H13NO5/c1-8(2)7-16-11(13)17-10-6-4-3-5-9(10)12(14)15/h3-6,8H,7H2,1-2H3. The van der Waals surface area contributed by atoms with Crippen LogP contribution in [-0.4, -0.2) is 17.7 Å². The average molecular weight is 239 g/mol. The van der Waals surface area contributed by atoms with Crippen molar-refractivity contribution in [3.8, 4) is 5.75 Å². The van der Waals surface area contributed by atoms with Crippen LogP contribution in [0.4, 0.5) is 10.5 Å². The lowest BCUT2D eigenvalue weighted by Gasteiger charge is -2.07. The summed E-state index contributed by atoms with van der Waals surface area (Å²) >= 11 is 0. The van der Waals surface area contributed by atoms with E-state index in [1.54, 1.807) is 0 Å². The molecule has 1 aromatic rings. The second-order valence-corrected chi connectivity index (χ2v) is 3.78. The van der Waals surface area contributed by atoms with Gasteiger partial charge in [0.2, 0.25) is 5.75 Å². The van der Waals surface area contributed by atoms with Crippen molar-refractivity contribution in [1.29, 1.82) is 0 Å². The quantitative estimate of drug-likeness (QED) is 0.349. The number of para-hydroxylation sites is 2. The molecule has 0 N–H and O–H groups in total. The Kier molecular flexibility index (Phi) is 4.45. The van der Waals surface area contributed by atoms with Gasteiger partial charge in [-0.3, -0.25) is 10.1 Å². The second-order valence-electron chi connectivity index (χ2n) is 3.78. The van der Waals surface area contributed by atoms with Gasteiger partial charge in [-0.05, 0) is 12.0 Å². The Hall–Kier alpha value is -2.11. The lowest BCUT2D eigenvalue weighted by molar-refractivity contribution is -0.385. The number of nitro benzene ring substituents is 1. The normalized spacial score (nSPS) is 10.1. The summed E-state index contributed by atoms with van der Waals surface area (Å²) in [6, 6.07) is 5.63. The van der Waals surface area contributed by atoms with Crippen molar-refractivity contribution < 1.29 is 19.2 Å². The fourth-order valence-corrected chi connectivity index (χ4v) is 1.05. The van der Waals surface area contributed by atoms with Crippen LogP contribution in [0.3, 0.4) is 0 Å². The van der Waals surface area contributed by atoms with Crippen LogP contribution in [0.25, 0.3) is 0 Å². The van der Waals surface area contributed by atoms with Gasteiger partial charge in [0, 0.05) is 6.07 Å². The van der Waals surface area contributed by atoms with E-state index in [1.807, 2.05) is 13.8 Å². The monoisotopic (exact) mass is 239 g/mol. The van der Waals surface area contributed by atoms with E-state index in [0.29, 0.717) is 0 Å². The van der Waals surface area contributed by atoms with Crippen molar-refractivity contribution in [2.75, 3.05) is 6.61 Å². The van der Waals surface area contributed by atoms with Gasteiger partial charge in [0.1, 0.15) is 0 Å². The van der Waals surface area contributed by atoms with Crippen LogP contribution in [0, 0.1) is 16.0 Å². The largest absolute Gasteiger partial charge is 0.514 e. The number of ether oxygens (including phenoxy) is 2. The van der Waals surface area contributed by atoms with Crippen molar-refractivity contribution in [2.24, 2.45) is 5.92 Å². The number of benzene rings is 1. The molecule has 0 spiro atoms. The van der Waals surface area contributed by atoms with E-state index < -0.39 is 11.1 Å². The smallest absolute Gasteiger partial charge is 0.434 e. The minimum Gasteiger partial charge on any atom is -0.434 e. The first-order chi connectivity index (χ1) is 8.00. The first-order valence-corrected chi connectivity index (χ1v) is 5.08. The van der Waals surface area contributed by atoms with Gasteiger partial charge < -0.3 is 9.47 Å². The molecule has 6 nitrogen and oxygen atoms in total. The summed E-state index contributed by atoms with van der Waals surface area (Å²) in [4.78, 5) is 21.2. The van der Waals surface area contributed by atoms with Gasteiger partial charge in [0.25, 0.3) is 0 Å². The Morgan fingerprint density at radius 2 is 2.06 bits per heavy atom. The van der Waals surface area contributed by atoms with Crippen LogP contribution in [-0.2, 0) is 4.74 Å². The van der Waals surface area contributed by atoms with Gasteiger partial charge in [0.05, 0.1) is 11.5 Å². The molecular formula is C11H13NO5. The van der Waals surface area contributed by atoms with E-state index >= 15 is 0 Å². The zero-order valence-corrected chi connectivity index (χ0v) is 9.58. The number of rotatable bonds is 4. The van der Waals surface area contributed by atoms with Crippen LogP contribution >= 0.6 is 0 Å². The molecule has 17 heavy (non-hydrogen) atoms. The van der Waals surface area contributed by atoms with E-state index in [-0.39, 0.29) is 24.0 Å². The van der Waals surface area contributed by atoms with Gasteiger partial charge in [0.15, 0.2) is 0 Å². The lowest BCUT2D eigenvalue weighted by Crippen LogP contribution is -2.14. The minimum atomic E-state index is -0.937. The molecule has 0 aliphatic heterocycles. The molecule has 0 amide bonds. The Morgan fingerprint density at radius 3 is 2.65 bits per heavy atom. The molecule has 0 bridgehead atoms. The molecule has 1 aromatic carbocycles. The van der Waals surface area contributed by atoms with E-state index in [9.17, 15) is 14.9 Å². The summed E-state index contributed by atoms with van der Waals surface area (Å²) in [5.41, 5.74) is -0.269. The van der Waals surface area contributed by atoms with Gasteiger partial charge in [-0.15, -0.1) is 0 Å². The Morgan fingerprint density at radius 1 is 1.41 bits per heavy atom. The lowest BCUT2D eigenvalue weighted by atomic mass is 10.2. The maximum atomic E-state index is 11.2. The third-order valence-corrected chi connectivity index (χ3v) is 1.79. The minimum absolute atomic E-state index is 0.119.